The van der Waals surface area contributed by atoms with Crippen molar-refractivity contribution in [3.8, 4) is 0 Å². The molecular formula is C36H45N7O10S3. The second-order valence-electron chi connectivity index (χ2n) is 14.4. The second-order valence-corrected chi connectivity index (χ2v) is 17.0. The van der Waals surface area contributed by atoms with E-state index in [9.17, 15) is 24.0 Å². The standard InChI is InChI=1S/C36H45N7O10S3/c1-11-14-51-32(47)37-18(2)26(44)42-36(31-41-23(17-56-31)30(46)50-10)13-12-20(27-40-22(16-54-27)29(45)49-9)38-25(36)21-15-55-28(39-21)24-19(3)52-35(7,8)43(24)33(48)53-34(4,5)6/h11,15-19,24-25H,1,12-14H2,2-10H3,(H,37,47)(H,42,44)/t18-,19+,24-,25+,36+/m0/s1. The summed E-state index contributed by atoms with van der Waals surface area (Å²) in [6.07, 6.45) is -0.0919. The lowest BCUT2D eigenvalue weighted by Gasteiger charge is -2.41. The van der Waals surface area contributed by atoms with Crippen LogP contribution in [-0.2, 0) is 34.0 Å². The molecule has 17 nitrogen and oxygen atoms in total. The Morgan fingerprint density at radius 2 is 1.70 bits per heavy atom. The molecule has 56 heavy (non-hydrogen) atoms. The molecular weight excluding hydrogens is 787 g/mol. The maximum Gasteiger partial charge on any atom is 0.413 e. The first-order valence-electron chi connectivity index (χ1n) is 17.5. The molecule has 0 bridgehead atoms. The molecule has 0 saturated carbocycles. The average Bonchev–Trinajstić information content (AvgIpc) is 3.95. The molecule has 0 aliphatic carbocycles. The van der Waals surface area contributed by atoms with Crippen molar-refractivity contribution in [2.45, 2.75) is 102 Å². The summed E-state index contributed by atoms with van der Waals surface area (Å²) < 4.78 is 26.9. The van der Waals surface area contributed by atoms with E-state index in [-0.39, 0.29) is 30.8 Å². The summed E-state index contributed by atoms with van der Waals surface area (Å²) in [4.78, 5) is 86.1. The van der Waals surface area contributed by atoms with E-state index < -0.39 is 71.1 Å². The van der Waals surface area contributed by atoms with Gasteiger partial charge < -0.3 is 34.3 Å². The number of hydrogen-bond donors (Lipinski definition) is 2. The number of aliphatic imine (C=N–C) groups is 1. The molecule has 5 rings (SSSR count). The summed E-state index contributed by atoms with van der Waals surface area (Å²) in [5.74, 6) is -1.89. The van der Waals surface area contributed by atoms with E-state index >= 15 is 0 Å². The van der Waals surface area contributed by atoms with Crippen molar-refractivity contribution in [2.75, 3.05) is 20.8 Å². The lowest BCUT2D eigenvalue weighted by atomic mass is 9.80. The van der Waals surface area contributed by atoms with Crippen molar-refractivity contribution in [1.82, 2.24) is 30.5 Å². The monoisotopic (exact) mass is 831 g/mol. The third kappa shape index (κ3) is 8.92. The van der Waals surface area contributed by atoms with Crippen molar-refractivity contribution in [3.05, 3.63) is 60.9 Å². The van der Waals surface area contributed by atoms with Gasteiger partial charge in [-0.25, -0.2) is 34.1 Å². The molecule has 5 heterocycles. The molecule has 2 aliphatic heterocycles. The Morgan fingerprint density at radius 3 is 2.34 bits per heavy atom. The molecule has 0 unspecified atom stereocenters. The summed E-state index contributed by atoms with van der Waals surface area (Å²) in [5.41, 5.74) is -2.23. The lowest BCUT2D eigenvalue weighted by molar-refractivity contribution is -0.125. The molecule has 0 aromatic carbocycles. The highest BCUT2D eigenvalue weighted by atomic mass is 32.1. The predicted molar refractivity (Wildman–Crippen MR) is 207 cm³/mol. The van der Waals surface area contributed by atoms with Gasteiger partial charge in [-0.2, -0.15) is 0 Å². The van der Waals surface area contributed by atoms with Crippen LogP contribution in [0, 0.1) is 0 Å². The Kier molecular flexibility index (Phi) is 12.7. The Balaban J connectivity index is 1.66. The fourth-order valence-electron chi connectivity index (χ4n) is 6.34. The number of alkyl carbamates (subject to hydrolysis) is 1. The number of carbonyl (C=O) groups is 5. The van der Waals surface area contributed by atoms with Gasteiger partial charge in [-0.15, -0.1) is 34.0 Å². The van der Waals surface area contributed by atoms with E-state index in [4.69, 9.17) is 33.7 Å². The van der Waals surface area contributed by atoms with Gasteiger partial charge in [-0.1, -0.05) is 12.7 Å². The summed E-state index contributed by atoms with van der Waals surface area (Å²) in [6.45, 7) is 15.7. The zero-order chi connectivity index (χ0) is 41.2. The van der Waals surface area contributed by atoms with Crippen LogP contribution in [0.25, 0.3) is 0 Å². The number of amides is 3. The first-order chi connectivity index (χ1) is 26.3. The zero-order valence-electron chi connectivity index (χ0n) is 32.5. The van der Waals surface area contributed by atoms with Gasteiger partial charge in [-0.3, -0.25) is 14.7 Å². The number of hydrogen-bond acceptors (Lipinski definition) is 17. The molecule has 3 aromatic rings. The highest BCUT2D eigenvalue weighted by Gasteiger charge is 2.53. The molecule has 3 amide bonds. The SMILES string of the molecule is C=CCOC(=O)N[C@@H](C)C(=O)N[C@]1(c2nc(C(=O)OC)cs2)CCC(c2nc(C(=O)OC)cs2)=N[C@@H]1c1csc([C@@H]2[C@@H](C)OC(C)(C)N2C(=O)OC(C)(C)C)n1. The maximum absolute atomic E-state index is 14.1. The van der Waals surface area contributed by atoms with Crippen LogP contribution in [0.3, 0.4) is 0 Å². The van der Waals surface area contributed by atoms with Crippen molar-refractivity contribution in [1.29, 1.82) is 0 Å². The van der Waals surface area contributed by atoms with Gasteiger partial charge in [-0.05, 0) is 61.3 Å². The molecule has 0 radical (unpaired) electrons. The molecule has 2 N–H and O–H groups in total. The fourth-order valence-corrected chi connectivity index (χ4v) is 9.17. The highest BCUT2D eigenvalue weighted by molar-refractivity contribution is 7.12. The molecule has 0 spiro atoms. The van der Waals surface area contributed by atoms with E-state index in [0.717, 1.165) is 11.3 Å². The van der Waals surface area contributed by atoms with E-state index in [1.165, 1.54) is 60.2 Å². The minimum atomic E-state index is -1.45. The van der Waals surface area contributed by atoms with Crippen LogP contribution in [0.1, 0.15) is 115 Å². The molecule has 5 atom stereocenters. The minimum Gasteiger partial charge on any atom is -0.464 e. The summed E-state index contributed by atoms with van der Waals surface area (Å²) >= 11 is 3.60. The van der Waals surface area contributed by atoms with E-state index in [1.54, 1.807) is 45.4 Å². The number of ether oxygens (including phenoxy) is 5. The van der Waals surface area contributed by atoms with Crippen LogP contribution in [0.2, 0.25) is 0 Å². The van der Waals surface area contributed by atoms with Crippen molar-refractivity contribution in [3.63, 3.8) is 0 Å². The third-order valence-corrected chi connectivity index (χ3v) is 11.6. The number of nitrogens with one attached hydrogen (secondary N) is 2. The molecule has 1 fully saturated rings. The Bertz CT molecular complexity index is 2020. The van der Waals surface area contributed by atoms with Crippen LogP contribution >= 0.6 is 34.0 Å². The normalized spacial score (nSPS) is 22.3. The number of thiazole rings is 3. The van der Waals surface area contributed by atoms with Crippen LogP contribution in [0.5, 0.6) is 0 Å². The fraction of sp³-hybridized carbons (Fsp3) is 0.528. The zero-order valence-corrected chi connectivity index (χ0v) is 34.9. The molecule has 2 aliphatic rings. The van der Waals surface area contributed by atoms with Crippen LogP contribution in [0.15, 0.2) is 33.8 Å². The first kappa shape index (κ1) is 42.4. The summed E-state index contributed by atoms with van der Waals surface area (Å²) in [5, 5.41) is 11.8. The van der Waals surface area contributed by atoms with E-state index in [2.05, 4.69) is 27.2 Å². The van der Waals surface area contributed by atoms with Crippen LogP contribution in [-0.4, -0.2) is 99.9 Å². The number of rotatable bonds is 11. The maximum atomic E-state index is 14.1. The van der Waals surface area contributed by atoms with Crippen molar-refractivity contribution < 1.29 is 47.7 Å². The first-order valence-corrected chi connectivity index (χ1v) is 20.1. The quantitative estimate of drug-likeness (QED) is 0.135. The van der Waals surface area contributed by atoms with Gasteiger partial charge in [0.05, 0.1) is 31.7 Å². The average molecular weight is 832 g/mol. The smallest absolute Gasteiger partial charge is 0.413 e. The second kappa shape index (κ2) is 16.7. The number of carbonyl (C=O) groups excluding carboxylic acids is 5. The largest absolute Gasteiger partial charge is 0.464 e. The number of nitrogens with zero attached hydrogens (tertiary/aromatic N) is 5. The van der Waals surface area contributed by atoms with Crippen molar-refractivity contribution >= 4 is 69.8 Å². The molecule has 1 saturated heterocycles. The number of aromatic nitrogens is 3. The highest BCUT2D eigenvalue weighted by Crippen LogP contribution is 2.49. The molecule has 3 aromatic heterocycles. The number of esters is 2. The Hall–Kier alpha value is -4.79. The third-order valence-electron chi connectivity index (χ3n) is 8.78. The molecule has 20 heteroatoms. The number of methoxy groups -OCH3 is 2. The van der Waals surface area contributed by atoms with Gasteiger partial charge in [0.2, 0.25) is 5.91 Å². The Labute approximate surface area is 335 Å². The molecule has 302 valence electrons. The van der Waals surface area contributed by atoms with Gasteiger partial charge >= 0.3 is 24.1 Å². The topological polar surface area (TPSA) is 210 Å². The van der Waals surface area contributed by atoms with Gasteiger partial charge in [0.25, 0.3) is 0 Å². The van der Waals surface area contributed by atoms with E-state index in [0.29, 0.717) is 26.4 Å². The predicted octanol–water partition coefficient (Wildman–Crippen LogP) is 5.70. The van der Waals surface area contributed by atoms with Gasteiger partial charge in [0, 0.05) is 16.1 Å². The Morgan fingerprint density at radius 1 is 1.04 bits per heavy atom. The van der Waals surface area contributed by atoms with Crippen LogP contribution < -0.4 is 10.6 Å². The summed E-state index contributed by atoms with van der Waals surface area (Å²) in [6, 6.07) is -2.76. The summed E-state index contributed by atoms with van der Waals surface area (Å²) in [7, 11) is 2.50. The van der Waals surface area contributed by atoms with Gasteiger partial charge in [0.15, 0.2) is 11.4 Å². The van der Waals surface area contributed by atoms with E-state index in [1.807, 2.05) is 6.92 Å². The lowest BCUT2D eigenvalue weighted by Crippen LogP contribution is -2.56. The van der Waals surface area contributed by atoms with Crippen LogP contribution in [0.4, 0.5) is 9.59 Å². The minimum absolute atomic E-state index is 0.0163. The van der Waals surface area contributed by atoms with Crippen molar-refractivity contribution in [2.24, 2.45) is 4.99 Å². The van der Waals surface area contributed by atoms with Gasteiger partial charge in [0.1, 0.15) is 56.6 Å².